The predicted octanol–water partition coefficient (Wildman–Crippen LogP) is 5.55. The highest BCUT2D eigenvalue weighted by atomic mass is 79.9. The van der Waals surface area contributed by atoms with Gasteiger partial charge in [0, 0.05) is 20.8 Å². The molecule has 190 valence electrons. The lowest BCUT2D eigenvalue weighted by molar-refractivity contribution is -0.156. The van der Waals surface area contributed by atoms with Crippen LogP contribution in [0.4, 0.5) is 0 Å². The van der Waals surface area contributed by atoms with Crippen LogP contribution >= 0.6 is 55.1 Å². The van der Waals surface area contributed by atoms with Crippen molar-refractivity contribution in [2.45, 2.75) is 35.5 Å². The zero-order valence-corrected chi connectivity index (χ0v) is 24.0. The highest BCUT2D eigenvalue weighted by Crippen LogP contribution is 2.44. The molecule has 2 aromatic rings. The van der Waals surface area contributed by atoms with E-state index in [1.807, 2.05) is 0 Å². The van der Waals surface area contributed by atoms with E-state index in [1.165, 1.54) is 32.2 Å². The molecule has 7 nitrogen and oxygen atoms in total. The Bertz CT molecular complexity index is 1200. The molecule has 4 rings (SSSR count). The molecule has 0 N–H and O–H groups in total. The average Bonchev–Trinajstić information content (AvgIpc) is 3.10. The zero-order valence-electron chi connectivity index (χ0n) is 19.3. The monoisotopic (exact) mass is 658 g/mol. The Hall–Kier alpha value is -1.94. The highest BCUT2D eigenvalue weighted by molar-refractivity contribution is 9.12. The van der Waals surface area contributed by atoms with Crippen molar-refractivity contribution in [1.82, 2.24) is 10.0 Å². The third-order valence-electron chi connectivity index (χ3n) is 6.60. The Kier molecular flexibility index (Phi) is 8.14. The van der Waals surface area contributed by atoms with E-state index in [4.69, 9.17) is 27.9 Å². The summed E-state index contributed by atoms with van der Waals surface area (Å²) in [5.74, 6) is -2.79. The zero-order chi connectivity index (χ0) is 26.3. The molecule has 1 aliphatic carbocycles. The Morgan fingerprint density at radius 3 is 1.97 bits per heavy atom. The first-order valence-electron chi connectivity index (χ1n) is 11.2. The van der Waals surface area contributed by atoms with Gasteiger partial charge < -0.3 is 4.74 Å². The smallest absolute Gasteiger partial charge is 0.273 e. The van der Waals surface area contributed by atoms with Crippen LogP contribution in [0.15, 0.2) is 42.5 Å². The topological polar surface area (TPSA) is 84.0 Å². The molecule has 1 saturated heterocycles. The summed E-state index contributed by atoms with van der Waals surface area (Å²) >= 11 is 19.3. The first-order valence-corrected chi connectivity index (χ1v) is 13.8. The van der Waals surface area contributed by atoms with E-state index in [1.54, 1.807) is 24.3 Å². The molecule has 2 aliphatic rings. The molecule has 1 aliphatic heterocycles. The van der Waals surface area contributed by atoms with Crippen molar-refractivity contribution in [2.75, 3.05) is 7.11 Å². The summed E-state index contributed by atoms with van der Waals surface area (Å²) in [4.78, 5) is 54.4. The van der Waals surface area contributed by atoms with Crippen LogP contribution in [0.1, 0.15) is 40.5 Å². The second-order valence-corrected chi connectivity index (χ2v) is 11.9. The number of carbonyl (C=O) groups is 4. The van der Waals surface area contributed by atoms with Gasteiger partial charge in [0.05, 0.1) is 29.0 Å². The van der Waals surface area contributed by atoms with E-state index < -0.39 is 41.4 Å². The molecular formula is C25H22Br2Cl2N2O5. The Morgan fingerprint density at radius 2 is 1.47 bits per heavy atom. The highest BCUT2D eigenvalue weighted by Gasteiger charge is 2.55. The number of fused-ring (bicyclic) bond motifs is 1. The molecule has 2 fully saturated rings. The second-order valence-electron chi connectivity index (χ2n) is 8.75. The van der Waals surface area contributed by atoms with Crippen LogP contribution in [0.25, 0.3) is 0 Å². The lowest BCUT2D eigenvalue weighted by atomic mass is 9.81. The molecule has 0 bridgehead atoms. The largest absolute Gasteiger partial charge is 0.497 e. The van der Waals surface area contributed by atoms with Crippen molar-refractivity contribution in [3.05, 3.63) is 63.6 Å². The van der Waals surface area contributed by atoms with Gasteiger partial charge in [0.15, 0.2) is 5.78 Å². The number of methoxy groups -OCH3 is 1. The van der Waals surface area contributed by atoms with Gasteiger partial charge in [0.1, 0.15) is 11.8 Å². The van der Waals surface area contributed by atoms with Crippen LogP contribution in [0.5, 0.6) is 5.75 Å². The fourth-order valence-electron chi connectivity index (χ4n) is 4.60. The first kappa shape index (κ1) is 27.1. The number of nitrogens with zero attached hydrogens (tertiary/aromatic N) is 2. The average molecular weight is 661 g/mol. The van der Waals surface area contributed by atoms with Crippen LogP contribution in [-0.4, -0.2) is 56.3 Å². The minimum absolute atomic E-state index is 0.00646. The molecule has 5 atom stereocenters. The van der Waals surface area contributed by atoms with Crippen LogP contribution in [0, 0.1) is 11.8 Å². The molecule has 3 amide bonds. The number of hydrogen-bond donors (Lipinski definition) is 0. The molecule has 1 heterocycles. The summed E-state index contributed by atoms with van der Waals surface area (Å²) in [5, 5.41) is 2.19. The number of hydrazine groups is 1. The Balaban J connectivity index is 1.75. The van der Waals surface area contributed by atoms with Crippen molar-refractivity contribution < 1.29 is 23.9 Å². The van der Waals surface area contributed by atoms with E-state index in [0.717, 1.165) is 10.0 Å². The number of hydrogen-bond acceptors (Lipinski definition) is 5. The Morgan fingerprint density at radius 1 is 0.944 bits per heavy atom. The minimum Gasteiger partial charge on any atom is -0.497 e. The summed E-state index contributed by atoms with van der Waals surface area (Å²) in [6.07, 6.45) is 0.856. The number of ketones is 1. The molecule has 0 radical (unpaired) electrons. The van der Waals surface area contributed by atoms with Crippen molar-refractivity contribution >= 4 is 78.6 Å². The lowest BCUT2D eigenvalue weighted by Gasteiger charge is -2.34. The lowest BCUT2D eigenvalue weighted by Crippen LogP contribution is -2.56. The SMILES string of the molecule is COc1ccc(C(=O)[C@H](C)N(C(=O)c2ccc(Cl)c(Cl)c2)N2C(=O)[C@H]3C[C@H](Br)[C@@H](Br)C[C@H]3C2=O)cc1. The molecule has 1 saturated carbocycles. The number of imide groups is 1. The number of halogens is 4. The number of ether oxygens (including phenoxy) is 1. The molecule has 11 heteroatoms. The quantitative estimate of drug-likeness (QED) is 0.231. The fourth-order valence-corrected chi connectivity index (χ4v) is 6.13. The number of rotatable bonds is 6. The van der Waals surface area contributed by atoms with Gasteiger partial charge in [-0.25, -0.2) is 5.01 Å². The Labute approximate surface area is 235 Å². The molecule has 2 aromatic carbocycles. The van der Waals surface area contributed by atoms with Gasteiger partial charge in [0.2, 0.25) is 0 Å². The van der Waals surface area contributed by atoms with E-state index in [0.29, 0.717) is 24.2 Å². The summed E-state index contributed by atoms with van der Waals surface area (Å²) in [7, 11) is 1.51. The molecule has 0 unspecified atom stereocenters. The summed E-state index contributed by atoms with van der Waals surface area (Å²) in [5.41, 5.74) is 0.388. The maximum atomic E-state index is 13.8. The normalized spacial score (nSPS) is 24.3. The van der Waals surface area contributed by atoms with E-state index in [2.05, 4.69) is 31.9 Å². The molecule has 0 aromatic heterocycles. The van der Waals surface area contributed by atoms with Crippen molar-refractivity contribution in [3.63, 3.8) is 0 Å². The summed E-state index contributed by atoms with van der Waals surface area (Å²) in [6.45, 7) is 1.49. The maximum absolute atomic E-state index is 13.8. The molecule has 36 heavy (non-hydrogen) atoms. The van der Waals surface area contributed by atoms with Gasteiger partial charge in [-0.15, -0.1) is 0 Å². The van der Waals surface area contributed by atoms with Gasteiger partial charge in [-0.05, 0) is 62.2 Å². The predicted molar refractivity (Wildman–Crippen MR) is 143 cm³/mol. The number of benzene rings is 2. The van der Waals surface area contributed by atoms with Gasteiger partial charge in [-0.3, -0.25) is 19.2 Å². The van der Waals surface area contributed by atoms with E-state index in [9.17, 15) is 19.2 Å². The van der Waals surface area contributed by atoms with Crippen molar-refractivity contribution in [2.24, 2.45) is 11.8 Å². The second kappa shape index (κ2) is 10.8. The number of Topliss-reactive ketones (excluding diaryl/α,β-unsaturated/α-hetero) is 1. The van der Waals surface area contributed by atoms with Gasteiger partial charge in [-0.2, -0.15) is 5.01 Å². The van der Waals surface area contributed by atoms with Crippen LogP contribution < -0.4 is 4.74 Å². The van der Waals surface area contributed by atoms with Crippen molar-refractivity contribution in [3.8, 4) is 5.75 Å². The third-order valence-corrected chi connectivity index (χ3v) is 10.1. The summed E-state index contributed by atoms with van der Waals surface area (Å²) < 4.78 is 5.15. The number of amides is 3. The fraction of sp³-hybridized carbons (Fsp3) is 0.360. The molecule has 0 spiro atoms. The van der Waals surface area contributed by atoms with Gasteiger partial charge in [-0.1, -0.05) is 55.1 Å². The van der Waals surface area contributed by atoms with Crippen LogP contribution in [0.3, 0.4) is 0 Å². The summed E-state index contributed by atoms with van der Waals surface area (Å²) in [6, 6.07) is 9.45. The number of alkyl halides is 2. The van der Waals surface area contributed by atoms with E-state index in [-0.39, 0.29) is 25.3 Å². The number of carbonyl (C=O) groups excluding carboxylic acids is 4. The third kappa shape index (κ3) is 4.95. The first-order chi connectivity index (χ1) is 17.0. The molecular weight excluding hydrogens is 639 g/mol. The van der Waals surface area contributed by atoms with E-state index >= 15 is 0 Å². The van der Waals surface area contributed by atoms with Crippen LogP contribution in [0.2, 0.25) is 10.0 Å². The minimum atomic E-state index is -1.17. The van der Waals surface area contributed by atoms with Gasteiger partial charge >= 0.3 is 0 Å². The van der Waals surface area contributed by atoms with Crippen LogP contribution in [-0.2, 0) is 9.59 Å². The standard InChI is InChI=1S/C25H22Br2Cl2N2O5/c1-12(22(32)13-3-6-15(36-2)7-4-13)30(23(33)14-5-8-20(28)21(29)9-14)31-24(34)16-10-18(26)19(27)11-17(16)25(31)35/h3-9,12,16-19H,10-11H2,1-2H3/t12-,16-,17+,18-,19-/m0/s1. The van der Waals surface area contributed by atoms with Crippen molar-refractivity contribution in [1.29, 1.82) is 0 Å². The maximum Gasteiger partial charge on any atom is 0.273 e. The van der Waals surface area contributed by atoms with Gasteiger partial charge in [0.25, 0.3) is 17.7 Å².